The summed E-state index contributed by atoms with van der Waals surface area (Å²) >= 11 is 0. The second kappa shape index (κ2) is 10.3. The quantitative estimate of drug-likeness (QED) is 0.706. The normalized spacial score (nSPS) is 15.8. The number of ether oxygens (including phenoxy) is 1. The Morgan fingerprint density at radius 2 is 1.97 bits per heavy atom. The fourth-order valence-electron chi connectivity index (χ4n) is 3.62. The van der Waals surface area contributed by atoms with Gasteiger partial charge < -0.3 is 19.5 Å². The number of urea groups is 1. The number of benzene rings is 1. The molecular formula is C23H31N5O3. The molecule has 0 radical (unpaired) electrons. The molecule has 0 saturated heterocycles. The fourth-order valence-corrected chi connectivity index (χ4v) is 3.62. The van der Waals surface area contributed by atoms with E-state index in [-0.39, 0.29) is 30.6 Å². The molecule has 2 aromatic rings. The zero-order valence-electron chi connectivity index (χ0n) is 18.6. The molecule has 0 fully saturated rings. The highest BCUT2D eigenvalue weighted by Crippen LogP contribution is 2.32. The van der Waals surface area contributed by atoms with Crippen molar-refractivity contribution in [2.24, 2.45) is 12.1 Å². The number of methoxy groups -OCH3 is 1. The van der Waals surface area contributed by atoms with Gasteiger partial charge in [-0.25, -0.2) is 9.80 Å². The zero-order valence-corrected chi connectivity index (χ0v) is 18.6. The van der Waals surface area contributed by atoms with E-state index >= 15 is 0 Å². The summed E-state index contributed by atoms with van der Waals surface area (Å²) in [6.45, 7) is 4.36. The van der Waals surface area contributed by atoms with Gasteiger partial charge in [0.2, 0.25) is 0 Å². The Morgan fingerprint density at radius 1 is 1.23 bits per heavy atom. The molecule has 0 spiro atoms. The first kappa shape index (κ1) is 22.6. The number of hydrazone groups is 1. The average Bonchev–Trinajstić information content (AvgIpc) is 3.37. The molecule has 0 saturated carbocycles. The molecule has 1 aliphatic rings. The van der Waals surface area contributed by atoms with Crippen LogP contribution in [0.25, 0.3) is 0 Å². The number of aryl methyl sites for hydroxylation is 1. The van der Waals surface area contributed by atoms with E-state index < -0.39 is 0 Å². The molecule has 8 heteroatoms. The number of nitrogens with one attached hydrogen (secondary N) is 1. The van der Waals surface area contributed by atoms with Crippen LogP contribution in [0, 0.1) is 0 Å². The first-order valence-corrected chi connectivity index (χ1v) is 10.5. The van der Waals surface area contributed by atoms with Crippen LogP contribution in [0.3, 0.4) is 0 Å². The van der Waals surface area contributed by atoms with Gasteiger partial charge in [0.25, 0.3) is 5.91 Å². The molecule has 3 rings (SSSR count). The van der Waals surface area contributed by atoms with E-state index in [9.17, 15) is 9.59 Å². The summed E-state index contributed by atoms with van der Waals surface area (Å²) in [4.78, 5) is 27.4. The number of carbonyl (C=O) groups excluding carboxylic acids is 2. The van der Waals surface area contributed by atoms with Gasteiger partial charge in [-0.15, -0.1) is 0 Å². The number of hydrogen-bond donors (Lipinski definition) is 1. The van der Waals surface area contributed by atoms with Crippen molar-refractivity contribution < 1.29 is 14.3 Å². The minimum Gasteiger partial charge on any atom is -0.383 e. The van der Waals surface area contributed by atoms with E-state index in [0.29, 0.717) is 19.6 Å². The van der Waals surface area contributed by atoms with Gasteiger partial charge in [0.1, 0.15) is 6.54 Å². The largest absolute Gasteiger partial charge is 0.383 e. The summed E-state index contributed by atoms with van der Waals surface area (Å²) in [5.41, 5.74) is 2.84. The van der Waals surface area contributed by atoms with Crippen LogP contribution in [-0.2, 0) is 16.6 Å². The van der Waals surface area contributed by atoms with Crippen molar-refractivity contribution in [2.45, 2.75) is 32.4 Å². The highest BCUT2D eigenvalue weighted by Gasteiger charge is 2.34. The maximum Gasteiger partial charge on any atom is 0.318 e. The Morgan fingerprint density at radius 3 is 2.58 bits per heavy atom. The van der Waals surface area contributed by atoms with E-state index in [1.807, 2.05) is 74.1 Å². The summed E-state index contributed by atoms with van der Waals surface area (Å²) in [5.74, 6) is -0.229. The number of nitrogens with zero attached hydrogens (tertiary/aromatic N) is 4. The van der Waals surface area contributed by atoms with Crippen molar-refractivity contribution in [3.05, 3.63) is 59.9 Å². The zero-order chi connectivity index (χ0) is 22.4. The molecule has 1 aromatic carbocycles. The molecule has 166 valence electrons. The maximum absolute atomic E-state index is 13.3. The van der Waals surface area contributed by atoms with Gasteiger partial charge in [0.05, 0.1) is 24.1 Å². The van der Waals surface area contributed by atoms with Crippen LogP contribution in [0.5, 0.6) is 0 Å². The molecule has 3 amide bonds. The van der Waals surface area contributed by atoms with Crippen molar-refractivity contribution in [1.82, 2.24) is 19.8 Å². The smallest absolute Gasteiger partial charge is 0.318 e. The Kier molecular flexibility index (Phi) is 7.46. The lowest BCUT2D eigenvalue weighted by molar-refractivity contribution is -0.133. The molecule has 0 aliphatic carbocycles. The van der Waals surface area contributed by atoms with Crippen molar-refractivity contribution in [3.63, 3.8) is 0 Å². The SMILES string of the molecule is COCCN(CC(=O)N1N=C(c2cccn2C)C[C@@H]1c1ccccc1)C(=O)NC(C)C. The Balaban J connectivity index is 1.85. The second-order valence-electron chi connectivity index (χ2n) is 7.94. The Hall–Kier alpha value is -3.13. The van der Waals surface area contributed by atoms with Crippen LogP contribution in [0.15, 0.2) is 53.8 Å². The molecule has 0 bridgehead atoms. The third kappa shape index (κ3) is 5.52. The molecule has 0 unspecified atom stereocenters. The van der Waals surface area contributed by atoms with Crippen molar-refractivity contribution in [3.8, 4) is 0 Å². The number of rotatable bonds is 8. The van der Waals surface area contributed by atoms with E-state index in [4.69, 9.17) is 9.84 Å². The standard InChI is InChI=1S/C23H31N5O3/c1-17(2)24-23(30)27(13-14-31-4)16-22(29)28-21(18-9-6-5-7-10-18)15-19(25-28)20-11-8-12-26(20)3/h5-12,17,21H,13-16H2,1-4H3,(H,24,30)/t21-/m1/s1. The predicted octanol–water partition coefficient (Wildman–Crippen LogP) is 2.77. The van der Waals surface area contributed by atoms with E-state index in [1.165, 1.54) is 9.91 Å². The highest BCUT2D eigenvalue weighted by atomic mass is 16.5. The Bertz CT molecular complexity index is 922. The first-order valence-electron chi connectivity index (χ1n) is 10.5. The molecule has 1 aromatic heterocycles. The molecule has 1 atom stereocenters. The molecule has 1 N–H and O–H groups in total. The molecule has 2 heterocycles. The summed E-state index contributed by atoms with van der Waals surface area (Å²) in [7, 11) is 3.53. The minimum absolute atomic E-state index is 0.0292. The van der Waals surface area contributed by atoms with Gasteiger partial charge in [-0.1, -0.05) is 30.3 Å². The van der Waals surface area contributed by atoms with Crippen LogP contribution >= 0.6 is 0 Å². The van der Waals surface area contributed by atoms with Gasteiger partial charge in [0.15, 0.2) is 0 Å². The summed E-state index contributed by atoms with van der Waals surface area (Å²) in [5, 5.41) is 9.07. The summed E-state index contributed by atoms with van der Waals surface area (Å²) < 4.78 is 7.12. The van der Waals surface area contributed by atoms with Gasteiger partial charge in [-0.3, -0.25) is 4.79 Å². The van der Waals surface area contributed by atoms with E-state index in [1.54, 1.807) is 7.11 Å². The maximum atomic E-state index is 13.3. The van der Waals surface area contributed by atoms with Crippen LogP contribution in [0.2, 0.25) is 0 Å². The molecular weight excluding hydrogens is 394 g/mol. The number of amides is 3. The third-order valence-electron chi connectivity index (χ3n) is 5.18. The average molecular weight is 426 g/mol. The monoisotopic (exact) mass is 425 g/mol. The van der Waals surface area contributed by atoms with Crippen LogP contribution in [0.4, 0.5) is 4.79 Å². The number of aromatic nitrogens is 1. The highest BCUT2D eigenvalue weighted by molar-refractivity contribution is 6.02. The van der Waals surface area contributed by atoms with Crippen LogP contribution < -0.4 is 5.32 Å². The topological polar surface area (TPSA) is 79.2 Å². The molecule has 31 heavy (non-hydrogen) atoms. The number of carbonyl (C=O) groups is 2. The summed E-state index contributed by atoms with van der Waals surface area (Å²) in [6.07, 6.45) is 2.58. The van der Waals surface area contributed by atoms with Gasteiger partial charge in [-0.05, 0) is 31.5 Å². The van der Waals surface area contributed by atoms with E-state index in [2.05, 4.69) is 5.32 Å². The third-order valence-corrected chi connectivity index (χ3v) is 5.18. The second-order valence-corrected chi connectivity index (χ2v) is 7.94. The van der Waals surface area contributed by atoms with Crippen molar-refractivity contribution in [1.29, 1.82) is 0 Å². The lowest BCUT2D eigenvalue weighted by Gasteiger charge is -2.27. The van der Waals surface area contributed by atoms with Crippen LogP contribution in [0.1, 0.15) is 37.6 Å². The van der Waals surface area contributed by atoms with Crippen LogP contribution in [-0.4, -0.2) is 65.0 Å². The molecule has 1 aliphatic heterocycles. The summed E-state index contributed by atoms with van der Waals surface area (Å²) in [6, 6.07) is 13.3. The van der Waals surface area contributed by atoms with Crippen molar-refractivity contribution >= 4 is 17.6 Å². The minimum atomic E-state index is -0.289. The number of hydrogen-bond acceptors (Lipinski definition) is 4. The van der Waals surface area contributed by atoms with Gasteiger partial charge in [0, 0.05) is 39.4 Å². The van der Waals surface area contributed by atoms with Crippen molar-refractivity contribution in [2.75, 3.05) is 26.8 Å². The van der Waals surface area contributed by atoms with E-state index in [0.717, 1.165) is 17.0 Å². The van der Waals surface area contributed by atoms with Gasteiger partial charge in [-0.2, -0.15) is 5.10 Å². The Labute approximate surface area is 183 Å². The fraction of sp³-hybridized carbons (Fsp3) is 0.435. The molecule has 8 nitrogen and oxygen atoms in total. The first-order chi connectivity index (χ1) is 14.9. The lowest BCUT2D eigenvalue weighted by atomic mass is 10.0. The van der Waals surface area contributed by atoms with Gasteiger partial charge >= 0.3 is 6.03 Å². The predicted molar refractivity (Wildman–Crippen MR) is 120 cm³/mol. The lowest BCUT2D eigenvalue weighted by Crippen LogP contribution is -2.48.